The van der Waals surface area contributed by atoms with E-state index in [2.05, 4.69) is 13.8 Å². The lowest BCUT2D eigenvalue weighted by atomic mass is 10.0. The van der Waals surface area contributed by atoms with Crippen LogP contribution in [0.2, 0.25) is 0 Å². The fraction of sp³-hybridized carbons (Fsp3) is 1.00. The molecule has 11 heavy (non-hydrogen) atoms. The molecule has 0 saturated heterocycles. The second kappa shape index (κ2) is 6.14. The van der Waals surface area contributed by atoms with Crippen molar-refractivity contribution in [2.45, 2.75) is 50.8 Å². The van der Waals surface area contributed by atoms with Crippen molar-refractivity contribution in [3.8, 4) is 0 Å². The SMILES string of the molecule is CC(C)(Cl)CCCCCCCl. The Hall–Kier alpha value is 0.580. The van der Waals surface area contributed by atoms with Crippen LogP contribution < -0.4 is 0 Å². The average molecular weight is 197 g/mol. The number of hydrogen-bond donors (Lipinski definition) is 0. The fourth-order valence-corrected chi connectivity index (χ4v) is 1.32. The van der Waals surface area contributed by atoms with E-state index in [0.717, 1.165) is 18.7 Å². The van der Waals surface area contributed by atoms with E-state index in [1.54, 1.807) is 0 Å². The third-order valence-corrected chi connectivity index (χ3v) is 2.11. The van der Waals surface area contributed by atoms with Gasteiger partial charge in [-0.15, -0.1) is 23.2 Å². The first-order valence-electron chi connectivity index (χ1n) is 4.31. The van der Waals surface area contributed by atoms with E-state index in [9.17, 15) is 0 Å². The molecule has 0 unspecified atom stereocenters. The zero-order valence-corrected chi connectivity index (χ0v) is 9.01. The molecule has 0 atom stereocenters. The third-order valence-electron chi connectivity index (χ3n) is 1.65. The minimum atomic E-state index is -0.0129. The van der Waals surface area contributed by atoms with Crippen LogP contribution in [-0.4, -0.2) is 10.8 Å². The van der Waals surface area contributed by atoms with Gasteiger partial charge in [-0.1, -0.05) is 19.3 Å². The minimum absolute atomic E-state index is 0.0129. The van der Waals surface area contributed by atoms with Crippen molar-refractivity contribution in [2.75, 3.05) is 5.88 Å². The maximum absolute atomic E-state index is 6.02. The molecule has 68 valence electrons. The summed E-state index contributed by atoms with van der Waals surface area (Å²) in [5.41, 5.74) is 0. The van der Waals surface area contributed by atoms with E-state index in [1.807, 2.05) is 0 Å². The molecule has 0 heterocycles. The largest absolute Gasteiger partial charge is 0.127 e. The first-order chi connectivity index (χ1) is 5.06. The molecule has 0 nitrogen and oxygen atoms in total. The lowest BCUT2D eigenvalue weighted by Crippen LogP contribution is -2.08. The normalized spacial score (nSPS) is 12.0. The predicted octanol–water partition coefficient (Wildman–Crippen LogP) is 4.19. The van der Waals surface area contributed by atoms with Crippen LogP contribution in [0.15, 0.2) is 0 Å². The minimum Gasteiger partial charge on any atom is -0.127 e. The Morgan fingerprint density at radius 2 is 1.55 bits per heavy atom. The molecule has 2 heteroatoms. The van der Waals surface area contributed by atoms with Crippen molar-refractivity contribution in [3.05, 3.63) is 0 Å². The number of rotatable bonds is 6. The van der Waals surface area contributed by atoms with Crippen molar-refractivity contribution in [1.82, 2.24) is 0 Å². The van der Waals surface area contributed by atoms with Gasteiger partial charge in [0.1, 0.15) is 0 Å². The molecule has 0 saturated carbocycles. The Labute approximate surface area is 80.3 Å². The van der Waals surface area contributed by atoms with Crippen molar-refractivity contribution in [1.29, 1.82) is 0 Å². The molecule has 0 amide bonds. The topological polar surface area (TPSA) is 0 Å². The van der Waals surface area contributed by atoms with E-state index >= 15 is 0 Å². The lowest BCUT2D eigenvalue weighted by molar-refractivity contribution is 0.552. The van der Waals surface area contributed by atoms with Gasteiger partial charge in [0.15, 0.2) is 0 Å². The summed E-state index contributed by atoms with van der Waals surface area (Å²) in [4.78, 5) is -0.0129. The zero-order valence-electron chi connectivity index (χ0n) is 7.50. The van der Waals surface area contributed by atoms with Gasteiger partial charge >= 0.3 is 0 Å². The van der Waals surface area contributed by atoms with Crippen LogP contribution in [0, 0.1) is 0 Å². The molecule has 0 bridgehead atoms. The smallest absolute Gasteiger partial charge is 0.0390 e. The predicted molar refractivity (Wildman–Crippen MR) is 53.7 cm³/mol. The van der Waals surface area contributed by atoms with Gasteiger partial charge in [0.25, 0.3) is 0 Å². The Morgan fingerprint density at radius 3 is 2.00 bits per heavy atom. The van der Waals surface area contributed by atoms with Crippen molar-refractivity contribution in [3.63, 3.8) is 0 Å². The molecule has 0 radical (unpaired) electrons. The Kier molecular flexibility index (Phi) is 6.46. The molecule has 0 aliphatic carbocycles. The number of alkyl halides is 2. The van der Waals surface area contributed by atoms with E-state index < -0.39 is 0 Å². The van der Waals surface area contributed by atoms with Crippen LogP contribution >= 0.6 is 23.2 Å². The maximum atomic E-state index is 6.02. The van der Waals surface area contributed by atoms with Gasteiger partial charge in [0.05, 0.1) is 0 Å². The van der Waals surface area contributed by atoms with Crippen LogP contribution in [0.25, 0.3) is 0 Å². The number of unbranched alkanes of at least 4 members (excludes halogenated alkanes) is 3. The summed E-state index contributed by atoms with van der Waals surface area (Å²) >= 11 is 11.6. The van der Waals surface area contributed by atoms with Gasteiger partial charge in [-0.25, -0.2) is 0 Å². The summed E-state index contributed by atoms with van der Waals surface area (Å²) in [5, 5.41) is 0. The monoisotopic (exact) mass is 196 g/mol. The van der Waals surface area contributed by atoms with Gasteiger partial charge in [-0.05, 0) is 26.7 Å². The summed E-state index contributed by atoms with van der Waals surface area (Å²) in [5.74, 6) is 0.796. The number of hydrogen-bond acceptors (Lipinski definition) is 0. The first-order valence-corrected chi connectivity index (χ1v) is 5.22. The Morgan fingerprint density at radius 1 is 1.00 bits per heavy atom. The fourth-order valence-electron chi connectivity index (χ4n) is 0.993. The van der Waals surface area contributed by atoms with Crippen molar-refractivity contribution in [2.24, 2.45) is 0 Å². The summed E-state index contributed by atoms with van der Waals surface area (Å²) in [6.45, 7) is 4.13. The van der Waals surface area contributed by atoms with Crippen LogP contribution in [0.3, 0.4) is 0 Å². The standard InChI is InChI=1S/C9H18Cl2/c1-9(2,11)7-5-3-4-6-8-10/h3-8H2,1-2H3. The second-order valence-electron chi connectivity index (χ2n) is 3.57. The summed E-state index contributed by atoms with van der Waals surface area (Å²) in [6, 6.07) is 0. The van der Waals surface area contributed by atoms with Crippen molar-refractivity contribution >= 4 is 23.2 Å². The maximum Gasteiger partial charge on any atom is 0.0390 e. The van der Waals surface area contributed by atoms with Gasteiger partial charge in [0.2, 0.25) is 0 Å². The third kappa shape index (κ3) is 10.6. The lowest BCUT2D eigenvalue weighted by Gasteiger charge is -2.14. The molecule has 0 aliphatic heterocycles. The summed E-state index contributed by atoms with van der Waals surface area (Å²) < 4.78 is 0. The highest BCUT2D eigenvalue weighted by atomic mass is 35.5. The van der Waals surface area contributed by atoms with Gasteiger partial charge in [-0.2, -0.15) is 0 Å². The van der Waals surface area contributed by atoms with Crippen LogP contribution in [0.4, 0.5) is 0 Å². The molecule has 0 aromatic carbocycles. The summed E-state index contributed by atoms with van der Waals surface area (Å²) in [6.07, 6.45) is 5.99. The second-order valence-corrected chi connectivity index (χ2v) is 4.97. The van der Waals surface area contributed by atoms with E-state index in [1.165, 1.54) is 19.3 Å². The Balaban J connectivity index is 3.02. The van der Waals surface area contributed by atoms with E-state index in [4.69, 9.17) is 23.2 Å². The number of halogens is 2. The van der Waals surface area contributed by atoms with Gasteiger partial charge in [-0.3, -0.25) is 0 Å². The Bertz CT molecular complexity index is 84.1. The van der Waals surface area contributed by atoms with Gasteiger partial charge in [0, 0.05) is 10.8 Å². The molecule has 0 rings (SSSR count). The highest BCUT2D eigenvalue weighted by molar-refractivity contribution is 6.23. The highest BCUT2D eigenvalue weighted by Crippen LogP contribution is 2.21. The molecule has 0 aromatic rings. The highest BCUT2D eigenvalue weighted by Gasteiger charge is 2.11. The molecular weight excluding hydrogens is 179 g/mol. The van der Waals surface area contributed by atoms with Crippen molar-refractivity contribution < 1.29 is 0 Å². The first kappa shape index (κ1) is 11.6. The zero-order chi connectivity index (χ0) is 8.74. The molecule has 0 fully saturated rings. The molecule has 0 N–H and O–H groups in total. The van der Waals surface area contributed by atoms with E-state index in [-0.39, 0.29) is 4.87 Å². The molecule has 0 spiro atoms. The van der Waals surface area contributed by atoms with Gasteiger partial charge < -0.3 is 0 Å². The van der Waals surface area contributed by atoms with Crippen LogP contribution in [-0.2, 0) is 0 Å². The van der Waals surface area contributed by atoms with Crippen LogP contribution in [0.1, 0.15) is 46.0 Å². The average Bonchev–Trinajstić information content (AvgIpc) is 1.85. The van der Waals surface area contributed by atoms with Crippen LogP contribution in [0.5, 0.6) is 0 Å². The molecule has 0 aromatic heterocycles. The molecule has 0 aliphatic rings. The van der Waals surface area contributed by atoms with E-state index in [0.29, 0.717) is 0 Å². The quantitative estimate of drug-likeness (QED) is 0.442. The summed E-state index contributed by atoms with van der Waals surface area (Å²) in [7, 11) is 0. The molecular formula is C9H18Cl2.